The van der Waals surface area contributed by atoms with Gasteiger partial charge in [-0.2, -0.15) is 0 Å². The molecule has 1 atom stereocenters. The van der Waals surface area contributed by atoms with Gasteiger partial charge in [0.25, 0.3) is 0 Å². The number of Topliss-reactive ketones (excluding diaryl/α,β-unsaturated/α-hetero) is 2. The average Bonchev–Trinajstić information content (AvgIpc) is 0.748. The molecule has 14 aromatic rings. The number of ketones is 2. The molecule has 0 amide bonds. The van der Waals surface area contributed by atoms with Gasteiger partial charge in [0.05, 0.1) is 32.1 Å². The zero-order valence-electron chi connectivity index (χ0n) is 59.0. The number of rotatable bonds is 17. The van der Waals surface area contributed by atoms with E-state index < -0.39 is 6.04 Å². The number of hydrogen-bond donors (Lipinski definition) is 0. The number of hydrogen-bond acceptors (Lipinski definition) is 4. The summed E-state index contributed by atoms with van der Waals surface area (Å²) in [6.07, 6.45) is 0.610. The van der Waals surface area contributed by atoms with Gasteiger partial charge in [-0.15, -0.1) is 0 Å². The van der Waals surface area contributed by atoms with Crippen molar-refractivity contribution in [3.8, 4) is 22.3 Å². The third-order valence-corrected chi connectivity index (χ3v) is 19.1. The van der Waals surface area contributed by atoms with Crippen LogP contribution in [0.3, 0.4) is 0 Å². The Morgan fingerprint density at radius 3 is 1.23 bits per heavy atom. The molecule has 0 N–H and O–H groups in total. The first-order valence-electron chi connectivity index (χ1n) is 34.4. The first kappa shape index (κ1) is 73.4. The second kappa shape index (κ2) is 35.2. The van der Waals surface area contributed by atoms with Crippen LogP contribution in [-0.4, -0.2) is 54.2 Å². The van der Waals surface area contributed by atoms with Crippen LogP contribution in [0, 0.1) is 27.7 Å². The second-order valence-corrected chi connectivity index (χ2v) is 27.0. The van der Waals surface area contributed by atoms with E-state index in [2.05, 4.69) is 208 Å². The summed E-state index contributed by atoms with van der Waals surface area (Å²) in [6, 6.07) is 110. The maximum absolute atomic E-state index is 12.2. The molecule has 0 radical (unpaired) electrons. The highest BCUT2D eigenvalue weighted by molar-refractivity contribution is 9.08. The number of carbonyl (C=O) groups is 2. The fourth-order valence-electron chi connectivity index (χ4n) is 13.4. The Hall–Kier alpha value is -10.3. The van der Waals surface area contributed by atoms with Crippen LogP contribution in [0.1, 0.15) is 80.6 Å². The lowest BCUT2D eigenvalue weighted by Crippen LogP contribution is -3.00. The largest absolute Gasteiger partial charge is 1.00 e. The third kappa shape index (κ3) is 18.6. The fraction of sp³-hybridized carbons (Fsp3) is 0.149. The highest BCUT2D eigenvalue weighted by Crippen LogP contribution is 2.44. The molecule has 0 heterocycles. The van der Waals surface area contributed by atoms with Crippen LogP contribution in [0.15, 0.2) is 325 Å². The Morgan fingerprint density at radius 1 is 0.386 bits per heavy atom. The van der Waals surface area contributed by atoms with Crippen LogP contribution in [0.2, 0.25) is 0 Å². The predicted molar refractivity (Wildman–Crippen MR) is 429 cm³/mol. The van der Waals surface area contributed by atoms with E-state index in [4.69, 9.17) is 4.99 Å². The van der Waals surface area contributed by atoms with Crippen molar-refractivity contribution in [3.63, 3.8) is 0 Å². The van der Waals surface area contributed by atoms with Crippen molar-refractivity contribution in [1.82, 2.24) is 0 Å². The Labute approximate surface area is 616 Å². The number of quaternary nitrogens is 1. The minimum atomic E-state index is -0.391. The van der Waals surface area contributed by atoms with Crippen LogP contribution in [0.5, 0.6) is 0 Å². The van der Waals surface area contributed by atoms with E-state index in [0.717, 1.165) is 62.1 Å². The molecular weight excluding hydrogens is 1360 g/mol. The molecule has 0 aromatic heterocycles. The van der Waals surface area contributed by atoms with Crippen LogP contribution >= 0.6 is 15.9 Å². The molecule has 7 heteroatoms. The number of halogens is 2. The lowest BCUT2D eigenvalue weighted by atomic mass is 9.83. The van der Waals surface area contributed by atoms with Gasteiger partial charge in [0.15, 0.2) is 11.6 Å². The molecule has 0 aliphatic heterocycles. The van der Waals surface area contributed by atoms with Crippen LogP contribution in [0.4, 0.5) is 0 Å². The maximum atomic E-state index is 12.2. The molecule has 1 unspecified atom stereocenters. The van der Waals surface area contributed by atoms with Crippen molar-refractivity contribution >= 4 is 82.0 Å². The molecule has 14 aromatic carbocycles. The van der Waals surface area contributed by atoms with Crippen molar-refractivity contribution < 1.29 is 31.1 Å². The summed E-state index contributed by atoms with van der Waals surface area (Å²) in [6.45, 7) is 14.4. The lowest BCUT2D eigenvalue weighted by Gasteiger charge is -2.33. The van der Waals surface area contributed by atoms with Crippen molar-refractivity contribution in [2.24, 2.45) is 9.98 Å². The Kier molecular flexibility index (Phi) is 25.6. The number of nitrogens with zero attached hydrogens (tertiary/aromatic N) is 3. The molecule has 504 valence electrons. The number of benzene rings is 14. The number of alkyl halides is 1. The van der Waals surface area contributed by atoms with Crippen molar-refractivity contribution in [2.45, 2.75) is 72.4 Å². The minimum absolute atomic E-state index is 0. The van der Waals surface area contributed by atoms with Gasteiger partial charge in [0.2, 0.25) is 0 Å². The Bertz CT molecular complexity index is 5090. The summed E-state index contributed by atoms with van der Waals surface area (Å²) >= 11 is 3.36. The van der Waals surface area contributed by atoms with Gasteiger partial charge in [-0.05, 0) is 140 Å². The van der Waals surface area contributed by atoms with Gasteiger partial charge in [0, 0.05) is 45.1 Å². The van der Waals surface area contributed by atoms with Gasteiger partial charge >= 0.3 is 0 Å². The van der Waals surface area contributed by atoms with E-state index in [0.29, 0.717) is 6.42 Å². The maximum Gasteiger partial charge on any atom is 0.154 e. The standard InChI is InChI=1S/C48H44N.C23H21NO.C16H15NO.C7H7Br.BrH/c1-31-23-24-35-15-7-11-19-40(35)45(31)47-39(26-25-36-16-8-12-20-41(36)47)29-49(5,6)30-44-33(3)28-38-18-10-14-22-43(38)48(44)46-34(4)32(2)27-37-17-9-13-21-42(37)46;1-18(25)22(17-19-11-5-2-6-12-19)24-23(20-13-7-3-8-14-20)21-15-9-4-10-16-21;1-13(18)12-17-16(14-8-4-2-5-9-14)15-10-6-3-7-11-15;8-6-7-4-2-1-3-5-7;/h7-28H,29-30H2,1-6H3;2-16,22H,17H2,1H3;2-11H,12H2,1H3;1-5H,6H2;1H/q+1;;;;/p-1. The molecule has 0 spiro atoms. The zero-order valence-corrected chi connectivity index (χ0v) is 62.2. The molecule has 101 heavy (non-hydrogen) atoms. The molecule has 14 rings (SSSR count). The summed E-state index contributed by atoms with van der Waals surface area (Å²) in [5.74, 6) is 0.146. The summed E-state index contributed by atoms with van der Waals surface area (Å²) in [5.41, 5.74) is 22.0. The molecule has 0 bridgehead atoms. The van der Waals surface area contributed by atoms with Gasteiger partial charge in [-0.25, -0.2) is 0 Å². The van der Waals surface area contributed by atoms with Crippen LogP contribution in [0.25, 0.3) is 65.3 Å². The van der Waals surface area contributed by atoms with Gasteiger partial charge in [-0.1, -0.05) is 331 Å². The number of fused-ring (bicyclic) bond motifs is 4. The van der Waals surface area contributed by atoms with E-state index in [-0.39, 0.29) is 35.1 Å². The lowest BCUT2D eigenvalue weighted by molar-refractivity contribution is -0.916. The Balaban J connectivity index is 0.000000175. The first-order chi connectivity index (χ1) is 48.6. The summed E-state index contributed by atoms with van der Waals surface area (Å²) in [4.78, 5) is 32.7. The molecule has 0 aliphatic carbocycles. The van der Waals surface area contributed by atoms with Crippen molar-refractivity contribution in [3.05, 3.63) is 382 Å². The van der Waals surface area contributed by atoms with Gasteiger partial charge in [-0.3, -0.25) is 19.6 Å². The third-order valence-electron chi connectivity index (χ3n) is 18.5. The number of aryl methyl sites for hydroxylation is 3. The van der Waals surface area contributed by atoms with E-state index in [1.54, 1.807) is 13.8 Å². The fourth-order valence-corrected chi connectivity index (χ4v) is 13.8. The van der Waals surface area contributed by atoms with Crippen LogP contribution < -0.4 is 17.0 Å². The van der Waals surface area contributed by atoms with E-state index >= 15 is 0 Å². The quantitative estimate of drug-likeness (QED) is 0.0518. The minimum Gasteiger partial charge on any atom is -1.00 e. The van der Waals surface area contributed by atoms with Crippen molar-refractivity contribution in [1.29, 1.82) is 0 Å². The van der Waals surface area contributed by atoms with E-state index in [1.807, 2.05) is 170 Å². The molecular formula is C94H87Br2N3O2. The second-order valence-electron chi connectivity index (χ2n) is 26.5. The highest BCUT2D eigenvalue weighted by atomic mass is 79.9. The van der Waals surface area contributed by atoms with E-state index in [9.17, 15) is 9.59 Å². The molecule has 5 nitrogen and oxygen atoms in total. The molecule has 0 fully saturated rings. The summed E-state index contributed by atoms with van der Waals surface area (Å²) in [5, 5.41) is 11.4. The smallest absolute Gasteiger partial charge is 0.154 e. The Morgan fingerprint density at radius 2 is 0.772 bits per heavy atom. The summed E-state index contributed by atoms with van der Waals surface area (Å²) in [7, 11) is 4.82. The first-order valence-corrected chi connectivity index (χ1v) is 35.6. The molecule has 0 saturated carbocycles. The van der Waals surface area contributed by atoms with Gasteiger partial charge in [0.1, 0.15) is 19.1 Å². The predicted octanol–water partition coefficient (Wildman–Crippen LogP) is 20.1. The van der Waals surface area contributed by atoms with Crippen molar-refractivity contribution in [2.75, 3.05) is 20.6 Å². The summed E-state index contributed by atoms with van der Waals surface area (Å²) < 4.78 is 0.824. The van der Waals surface area contributed by atoms with E-state index in [1.165, 1.54) is 104 Å². The topological polar surface area (TPSA) is 58.9 Å². The SMILES string of the molecule is BrCc1ccccc1.CC(=O)C(Cc1ccccc1)N=C(c1ccccc1)c1ccccc1.CC(=O)CN=C(c1ccccc1)c1ccccc1.Cc1cc2ccccc2c(-c2c(C[N+](C)(C)Cc3ccc4ccccc4c3-c3c(C)ccc4ccccc34)c(C)cc3ccccc23)c1C.[Br-]. The molecule has 0 aliphatic rings. The highest BCUT2D eigenvalue weighted by Gasteiger charge is 2.28. The average molecular weight is 1450 g/mol. The van der Waals surface area contributed by atoms with Gasteiger partial charge < -0.3 is 21.5 Å². The number of carbonyl (C=O) groups excluding carboxylic acids is 2. The van der Waals surface area contributed by atoms with Crippen LogP contribution in [-0.2, 0) is 34.4 Å². The molecule has 0 saturated heterocycles. The monoisotopic (exact) mass is 1450 g/mol. The number of aliphatic imine (C=N–C) groups is 2. The zero-order chi connectivity index (χ0) is 70.0. The normalized spacial score (nSPS) is 11.2.